The summed E-state index contributed by atoms with van der Waals surface area (Å²) < 4.78 is 21.3. The van der Waals surface area contributed by atoms with Crippen molar-refractivity contribution in [2.24, 2.45) is 0 Å². The Hall–Kier alpha value is -4.39. The monoisotopic (exact) mass is 443 g/mol. The Labute approximate surface area is 190 Å². The molecule has 1 aromatic heterocycles. The summed E-state index contributed by atoms with van der Waals surface area (Å²) in [5.41, 5.74) is 2.88. The van der Waals surface area contributed by atoms with Crippen molar-refractivity contribution in [3.63, 3.8) is 0 Å². The van der Waals surface area contributed by atoms with Crippen LogP contribution in [0, 0.1) is 0 Å². The van der Waals surface area contributed by atoms with E-state index in [1.165, 1.54) is 21.3 Å². The molecule has 1 heterocycles. The van der Waals surface area contributed by atoms with Gasteiger partial charge in [0.1, 0.15) is 17.0 Å². The number of fused-ring (bicyclic) bond motifs is 1. The van der Waals surface area contributed by atoms with Crippen LogP contribution in [0.2, 0.25) is 0 Å². The molecular weight excluding hydrogens is 422 g/mol. The number of hydrogen-bond acceptors (Lipinski definition) is 7. The summed E-state index contributed by atoms with van der Waals surface area (Å²) in [6.07, 6.45) is 1.67. The van der Waals surface area contributed by atoms with Gasteiger partial charge in [0.25, 0.3) is 0 Å². The number of aromatic nitrogens is 1. The first kappa shape index (κ1) is 21.8. The van der Waals surface area contributed by atoms with E-state index in [-0.39, 0.29) is 17.2 Å². The Kier molecular flexibility index (Phi) is 6.22. The van der Waals surface area contributed by atoms with E-state index in [4.69, 9.17) is 18.6 Å². The molecule has 0 radical (unpaired) electrons. The van der Waals surface area contributed by atoms with Crippen molar-refractivity contribution in [2.75, 3.05) is 21.3 Å². The number of hydrogen-bond donors (Lipinski definition) is 0. The van der Waals surface area contributed by atoms with Crippen LogP contribution in [0.25, 0.3) is 22.7 Å². The molecule has 0 saturated carbocycles. The Balaban J connectivity index is 1.83. The molecule has 7 nitrogen and oxygen atoms in total. The molecule has 3 aromatic carbocycles. The first-order chi connectivity index (χ1) is 16.0. The van der Waals surface area contributed by atoms with Gasteiger partial charge in [0.2, 0.25) is 5.89 Å². The average Bonchev–Trinajstić information content (AvgIpc) is 3.30. The van der Waals surface area contributed by atoms with Gasteiger partial charge < -0.3 is 18.6 Å². The third-order valence-electron chi connectivity index (χ3n) is 5.03. The van der Waals surface area contributed by atoms with Crippen LogP contribution >= 0.6 is 0 Å². The van der Waals surface area contributed by atoms with Crippen molar-refractivity contribution < 1.29 is 28.2 Å². The van der Waals surface area contributed by atoms with E-state index in [9.17, 15) is 9.59 Å². The Bertz CT molecular complexity index is 1300. The molecule has 0 N–H and O–H groups in total. The number of allylic oxidation sites excluding steroid dienone is 1. The van der Waals surface area contributed by atoms with Gasteiger partial charge in [-0.3, -0.25) is 4.79 Å². The summed E-state index contributed by atoms with van der Waals surface area (Å²) in [4.78, 5) is 29.9. The maximum absolute atomic E-state index is 13.6. The third kappa shape index (κ3) is 4.62. The highest BCUT2D eigenvalue weighted by atomic mass is 16.5. The van der Waals surface area contributed by atoms with E-state index in [0.717, 1.165) is 0 Å². The minimum Gasteiger partial charge on any atom is -0.497 e. The van der Waals surface area contributed by atoms with E-state index in [0.29, 0.717) is 39.3 Å². The Morgan fingerprint density at radius 2 is 1.52 bits per heavy atom. The fourth-order valence-electron chi connectivity index (χ4n) is 3.31. The molecule has 0 aliphatic heterocycles. The lowest BCUT2D eigenvalue weighted by atomic mass is 9.99. The van der Waals surface area contributed by atoms with Crippen LogP contribution in [-0.4, -0.2) is 38.1 Å². The van der Waals surface area contributed by atoms with Crippen molar-refractivity contribution in [1.29, 1.82) is 0 Å². The molecule has 7 heteroatoms. The number of rotatable bonds is 7. The zero-order valence-corrected chi connectivity index (χ0v) is 18.3. The zero-order chi connectivity index (χ0) is 23.4. The van der Waals surface area contributed by atoms with Crippen LogP contribution < -0.4 is 9.47 Å². The van der Waals surface area contributed by atoms with Gasteiger partial charge in [-0.25, -0.2) is 9.78 Å². The van der Waals surface area contributed by atoms with E-state index in [1.807, 2.05) is 18.2 Å². The van der Waals surface area contributed by atoms with Gasteiger partial charge in [0.05, 0.1) is 32.5 Å². The summed E-state index contributed by atoms with van der Waals surface area (Å²) in [6, 6.07) is 18.9. The average molecular weight is 443 g/mol. The summed E-state index contributed by atoms with van der Waals surface area (Å²) in [5, 5.41) is 0. The van der Waals surface area contributed by atoms with E-state index in [2.05, 4.69) is 4.98 Å². The summed E-state index contributed by atoms with van der Waals surface area (Å²) in [6.45, 7) is 0. The molecule has 0 atom stereocenters. The van der Waals surface area contributed by atoms with E-state index in [1.54, 1.807) is 54.6 Å². The van der Waals surface area contributed by atoms with Gasteiger partial charge in [-0.1, -0.05) is 24.3 Å². The first-order valence-corrected chi connectivity index (χ1v) is 10.1. The molecule has 0 amide bonds. The predicted octanol–water partition coefficient (Wildman–Crippen LogP) is 5.06. The standard InChI is InChI=1S/C26H21NO6/c1-30-19-13-18(14-20(15-19)31-2)24(28)21(25-27-22-6-4-5-7-23(22)33-25)12-16-8-10-17(11-9-16)26(29)32-3/h4-15H,1-3H3/b21-12+. The molecule has 0 fully saturated rings. The number of Topliss-reactive ketones (excluding diaryl/α,β-unsaturated/α-hetero) is 1. The minimum absolute atomic E-state index is 0.181. The van der Waals surface area contributed by atoms with Gasteiger partial charge >= 0.3 is 5.97 Å². The molecule has 0 bridgehead atoms. The number of oxazole rings is 1. The van der Waals surface area contributed by atoms with Gasteiger partial charge in [-0.2, -0.15) is 0 Å². The van der Waals surface area contributed by atoms with Crippen LogP contribution in [0.5, 0.6) is 11.5 Å². The molecule has 4 rings (SSSR count). The largest absolute Gasteiger partial charge is 0.497 e. The maximum atomic E-state index is 13.6. The minimum atomic E-state index is -0.441. The number of para-hydroxylation sites is 2. The van der Waals surface area contributed by atoms with Crippen molar-refractivity contribution >= 4 is 34.5 Å². The number of esters is 1. The number of ether oxygens (including phenoxy) is 3. The van der Waals surface area contributed by atoms with Crippen molar-refractivity contribution in [3.8, 4) is 11.5 Å². The van der Waals surface area contributed by atoms with Crippen LogP contribution in [0.3, 0.4) is 0 Å². The lowest BCUT2D eigenvalue weighted by molar-refractivity contribution is 0.0600. The molecule has 166 valence electrons. The normalized spacial score (nSPS) is 11.3. The van der Waals surface area contributed by atoms with Gasteiger partial charge in [0.15, 0.2) is 11.4 Å². The molecule has 0 aliphatic carbocycles. The molecule has 4 aromatic rings. The fourth-order valence-corrected chi connectivity index (χ4v) is 3.31. The highest BCUT2D eigenvalue weighted by Gasteiger charge is 2.22. The smallest absolute Gasteiger partial charge is 0.337 e. The van der Waals surface area contributed by atoms with Crippen LogP contribution in [0.1, 0.15) is 32.2 Å². The number of ketones is 1. The fraction of sp³-hybridized carbons (Fsp3) is 0.115. The second-order valence-corrected chi connectivity index (χ2v) is 7.09. The quantitative estimate of drug-likeness (QED) is 0.224. The third-order valence-corrected chi connectivity index (χ3v) is 5.03. The second kappa shape index (κ2) is 9.40. The van der Waals surface area contributed by atoms with Crippen molar-refractivity contribution in [1.82, 2.24) is 4.98 Å². The molecule has 0 spiro atoms. The highest BCUT2D eigenvalue weighted by Crippen LogP contribution is 2.30. The molecule has 0 aliphatic rings. The lowest BCUT2D eigenvalue weighted by Crippen LogP contribution is -2.05. The molecule has 33 heavy (non-hydrogen) atoms. The van der Waals surface area contributed by atoms with Crippen LogP contribution in [0.4, 0.5) is 0 Å². The molecular formula is C26H21NO6. The van der Waals surface area contributed by atoms with Gasteiger partial charge in [-0.15, -0.1) is 0 Å². The topological polar surface area (TPSA) is 87.9 Å². The van der Waals surface area contributed by atoms with E-state index < -0.39 is 5.97 Å². The maximum Gasteiger partial charge on any atom is 0.337 e. The molecule has 0 saturated heterocycles. The van der Waals surface area contributed by atoms with Gasteiger partial charge in [0, 0.05) is 11.6 Å². The predicted molar refractivity (Wildman–Crippen MR) is 124 cm³/mol. The highest BCUT2D eigenvalue weighted by molar-refractivity contribution is 6.31. The van der Waals surface area contributed by atoms with Gasteiger partial charge in [-0.05, 0) is 48.0 Å². The SMILES string of the molecule is COC(=O)c1ccc(/C=C(\C(=O)c2cc(OC)cc(OC)c2)c2nc3ccccc3o2)cc1. The number of carbonyl (C=O) groups excluding carboxylic acids is 2. The summed E-state index contributed by atoms with van der Waals surface area (Å²) in [5.74, 6) is 0.383. The van der Waals surface area contributed by atoms with Crippen molar-refractivity contribution in [3.05, 3.63) is 89.3 Å². The Morgan fingerprint density at radius 1 is 0.848 bits per heavy atom. The number of benzene rings is 3. The number of methoxy groups -OCH3 is 3. The number of carbonyl (C=O) groups is 2. The van der Waals surface area contributed by atoms with Crippen LogP contribution in [-0.2, 0) is 4.74 Å². The molecule has 0 unspecified atom stereocenters. The van der Waals surface area contributed by atoms with E-state index >= 15 is 0 Å². The van der Waals surface area contributed by atoms with Crippen LogP contribution in [0.15, 0.2) is 71.1 Å². The van der Waals surface area contributed by atoms with Crippen molar-refractivity contribution in [2.45, 2.75) is 0 Å². The number of nitrogens with zero attached hydrogens (tertiary/aromatic N) is 1. The summed E-state index contributed by atoms with van der Waals surface area (Å²) in [7, 11) is 4.36. The zero-order valence-electron chi connectivity index (χ0n) is 18.3. The summed E-state index contributed by atoms with van der Waals surface area (Å²) >= 11 is 0. The lowest BCUT2D eigenvalue weighted by Gasteiger charge is -2.09. The second-order valence-electron chi connectivity index (χ2n) is 7.09. The first-order valence-electron chi connectivity index (χ1n) is 10.1. The Morgan fingerprint density at radius 3 is 2.12 bits per heavy atom.